The molecule has 0 aromatic heterocycles. The Morgan fingerprint density at radius 3 is 2.14 bits per heavy atom. The molecular formula is C17H24O5. The van der Waals surface area contributed by atoms with Gasteiger partial charge >= 0.3 is 5.97 Å². The molecule has 0 radical (unpaired) electrons. The van der Waals surface area contributed by atoms with Gasteiger partial charge in [0.25, 0.3) is 0 Å². The van der Waals surface area contributed by atoms with E-state index >= 15 is 0 Å². The van der Waals surface area contributed by atoms with Gasteiger partial charge in [-0.3, -0.25) is 9.59 Å². The minimum atomic E-state index is -0.891. The molecule has 0 aliphatic heterocycles. The van der Waals surface area contributed by atoms with Gasteiger partial charge in [0.05, 0.1) is 12.2 Å². The highest BCUT2D eigenvalue weighted by Gasteiger charge is 2.14. The number of ether oxygens (including phenoxy) is 2. The van der Waals surface area contributed by atoms with Crippen LogP contribution in [0.3, 0.4) is 0 Å². The number of benzene rings is 1. The molecule has 0 heterocycles. The van der Waals surface area contributed by atoms with Gasteiger partial charge in [-0.1, -0.05) is 0 Å². The van der Waals surface area contributed by atoms with E-state index in [1.54, 1.807) is 18.2 Å². The molecule has 5 nitrogen and oxygen atoms in total. The third-order valence-electron chi connectivity index (χ3n) is 2.79. The zero-order chi connectivity index (χ0) is 16.7. The molecule has 1 rings (SSSR count). The van der Waals surface area contributed by atoms with Crippen molar-refractivity contribution in [1.82, 2.24) is 0 Å². The number of carboxylic acids is 1. The van der Waals surface area contributed by atoms with Crippen molar-refractivity contribution in [3.63, 3.8) is 0 Å². The number of aliphatic carboxylic acids is 1. The Morgan fingerprint density at radius 2 is 1.59 bits per heavy atom. The van der Waals surface area contributed by atoms with Gasteiger partial charge in [-0.2, -0.15) is 0 Å². The topological polar surface area (TPSA) is 72.8 Å². The predicted octanol–water partition coefficient (Wildman–Crippen LogP) is 3.70. The predicted molar refractivity (Wildman–Crippen MR) is 83.8 cm³/mol. The Hall–Kier alpha value is -2.04. The van der Waals surface area contributed by atoms with Crippen molar-refractivity contribution < 1.29 is 24.2 Å². The Balaban J connectivity index is 2.87. The van der Waals surface area contributed by atoms with Crippen LogP contribution in [0, 0.1) is 0 Å². The average molecular weight is 308 g/mol. The van der Waals surface area contributed by atoms with E-state index in [0.717, 1.165) is 0 Å². The van der Waals surface area contributed by atoms with Crippen LogP contribution < -0.4 is 9.47 Å². The van der Waals surface area contributed by atoms with Crippen molar-refractivity contribution in [2.45, 2.75) is 59.2 Å². The molecule has 122 valence electrons. The quantitative estimate of drug-likeness (QED) is 0.704. The normalized spacial score (nSPS) is 10.8. The fourth-order valence-electron chi connectivity index (χ4n) is 1.92. The van der Waals surface area contributed by atoms with Crippen molar-refractivity contribution >= 4 is 11.8 Å². The molecule has 0 bridgehead atoms. The van der Waals surface area contributed by atoms with E-state index in [1.165, 1.54) is 0 Å². The first kappa shape index (κ1) is 18.0. The molecule has 0 unspecified atom stereocenters. The lowest BCUT2D eigenvalue weighted by Gasteiger charge is -2.17. The monoisotopic (exact) mass is 308 g/mol. The van der Waals surface area contributed by atoms with Gasteiger partial charge in [0.15, 0.2) is 17.3 Å². The van der Waals surface area contributed by atoms with Crippen molar-refractivity contribution in [2.75, 3.05) is 0 Å². The first-order valence-corrected chi connectivity index (χ1v) is 7.52. The molecule has 1 aromatic carbocycles. The summed E-state index contributed by atoms with van der Waals surface area (Å²) in [5.74, 6) is 0.154. The summed E-state index contributed by atoms with van der Waals surface area (Å²) in [6, 6.07) is 5.08. The smallest absolute Gasteiger partial charge is 0.303 e. The molecule has 0 atom stereocenters. The summed E-state index contributed by atoms with van der Waals surface area (Å²) in [5.41, 5.74) is 0.511. The maximum absolute atomic E-state index is 12.1. The molecule has 5 heteroatoms. The fourth-order valence-corrected chi connectivity index (χ4v) is 1.92. The second-order valence-electron chi connectivity index (χ2n) is 5.67. The number of hydrogen-bond acceptors (Lipinski definition) is 4. The lowest BCUT2D eigenvalue weighted by atomic mass is 10.0. The average Bonchev–Trinajstić information content (AvgIpc) is 2.39. The molecule has 0 fully saturated rings. The summed E-state index contributed by atoms with van der Waals surface area (Å²) in [6.45, 7) is 7.65. The van der Waals surface area contributed by atoms with Crippen LogP contribution in [-0.4, -0.2) is 29.1 Å². The zero-order valence-electron chi connectivity index (χ0n) is 13.6. The minimum absolute atomic E-state index is 0.00433. The zero-order valence-corrected chi connectivity index (χ0v) is 13.6. The second-order valence-corrected chi connectivity index (χ2v) is 5.67. The Kier molecular flexibility index (Phi) is 6.89. The summed E-state index contributed by atoms with van der Waals surface area (Å²) in [7, 11) is 0. The van der Waals surface area contributed by atoms with Crippen LogP contribution in [0.1, 0.15) is 57.3 Å². The largest absolute Gasteiger partial charge is 0.487 e. The lowest BCUT2D eigenvalue weighted by molar-refractivity contribution is -0.137. The standard InChI is InChI=1S/C17H24O5/c1-11(2)21-15-9-8-13(10-16(15)22-12(3)4)14(18)6-5-7-17(19)20/h8-12H,5-7H2,1-4H3,(H,19,20). The summed E-state index contributed by atoms with van der Waals surface area (Å²) < 4.78 is 11.4. The minimum Gasteiger partial charge on any atom is -0.487 e. The van der Waals surface area contributed by atoms with Crippen LogP contribution in [0.5, 0.6) is 11.5 Å². The lowest BCUT2D eigenvalue weighted by Crippen LogP contribution is -2.11. The van der Waals surface area contributed by atoms with Gasteiger partial charge < -0.3 is 14.6 Å². The van der Waals surface area contributed by atoms with E-state index in [9.17, 15) is 9.59 Å². The highest BCUT2D eigenvalue weighted by molar-refractivity contribution is 5.96. The summed E-state index contributed by atoms with van der Waals surface area (Å²) >= 11 is 0. The van der Waals surface area contributed by atoms with E-state index in [0.29, 0.717) is 23.5 Å². The van der Waals surface area contributed by atoms with Gasteiger partial charge in [0.2, 0.25) is 0 Å². The number of ketones is 1. The van der Waals surface area contributed by atoms with Crippen molar-refractivity contribution in [3.05, 3.63) is 23.8 Å². The van der Waals surface area contributed by atoms with E-state index in [4.69, 9.17) is 14.6 Å². The maximum atomic E-state index is 12.1. The number of carbonyl (C=O) groups excluding carboxylic acids is 1. The van der Waals surface area contributed by atoms with Crippen molar-refractivity contribution in [1.29, 1.82) is 0 Å². The van der Waals surface area contributed by atoms with E-state index in [1.807, 2.05) is 27.7 Å². The van der Waals surface area contributed by atoms with Crippen LogP contribution in [0.25, 0.3) is 0 Å². The molecule has 0 saturated heterocycles. The first-order chi connectivity index (χ1) is 10.3. The van der Waals surface area contributed by atoms with E-state index < -0.39 is 5.97 Å². The second kappa shape index (κ2) is 8.41. The summed E-state index contributed by atoms with van der Waals surface area (Å²) in [6.07, 6.45) is 0.505. The third kappa shape index (κ3) is 6.16. The van der Waals surface area contributed by atoms with Crippen LogP contribution in [0.2, 0.25) is 0 Å². The number of carboxylic acid groups (broad SMARTS) is 1. The first-order valence-electron chi connectivity index (χ1n) is 7.52. The molecule has 1 aromatic rings. The molecule has 0 aliphatic rings. The molecule has 22 heavy (non-hydrogen) atoms. The van der Waals surface area contributed by atoms with Crippen LogP contribution in [-0.2, 0) is 4.79 Å². The van der Waals surface area contributed by atoms with Crippen molar-refractivity contribution in [3.8, 4) is 11.5 Å². The van der Waals surface area contributed by atoms with Gasteiger partial charge in [-0.15, -0.1) is 0 Å². The van der Waals surface area contributed by atoms with Crippen LogP contribution in [0.15, 0.2) is 18.2 Å². The van der Waals surface area contributed by atoms with Crippen LogP contribution in [0.4, 0.5) is 0 Å². The van der Waals surface area contributed by atoms with Crippen molar-refractivity contribution in [2.24, 2.45) is 0 Å². The molecular weight excluding hydrogens is 284 g/mol. The summed E-state index contributed by atoms with van der Waals surface area (Å²) in [4.78, 5) is 22.6. The third-order valence-corrected chi connectivity index (χ3v) is 2.79. The molecule has 0 aliphatic carbocycles. The number of Topliss-reactive ketones (excluding diaryl/α,β-unsaturated/α-hetero) is 1. The highest BCUT2D eigenvalue weighted by atomic mass is 16.5. The summed E-state index contributed by atoms with van der Waals surface area (Å²) in [5, 5.41) is 8.61. The SMILES string of the molecule is CC(C)Oc1ccc(C(=O)CCCC(=O)O)cc1OC(C)C. The molecule has 1 N–H and O–H groups in total. The number of carbonyl (C=O) groups is 2. The van der Waals surface area contributed by atoms with Gasteiger partial charge in [-0.05, 0) is 52.3 Å². The molecule has 0 amide bonds. The molecule has 0 spiro atoms. The van der Waals surface area contributed by atoms with Crippen LogP contribution >= 0.6 is 0 Å². The van der Waals surface area contributed by atoms with E-state index in [-0.39, 0.29) is 30.8 Å². The fraction of sp³-hybridized carbons (Fsp3) is 0.529. The Labute approximate surface area is 131 Å². The van der Waals surface area contributed by atoms with E-state index in [2.05, 4.69) is 0 Å². The Bertz CT molecular complexity index is 520. The molecule has 0 saturated carbocycles. The van der Waals surface area contributed by atoms with Gasteiger partial charge in [-0.25, -0.2) is 0 Å². The Morgan fingerprint density at radius 1 is 1.00 bits per heavy atom. The van der Waals surface area contributed by atoms with Gasteiger partial charge in [0.1, 0.15) is 0 Å². The number of rotatable bonds is 9. The van der Waals surface area contributed by atoms with Gasteiger partial charge in [0, 0.05) is 18.4 Å². The maximum Gasteiger partial charge on any atom is 0.303 e. The highest BCUT2D eigenvalue weighted by Crippen LogP contribution is 2.30. The number of hydrogen-bond donors (Lipinski definition) is 1.